The highest BCUT2D eigenvalue weighted by atomic mass is 16.5. The van der Waals surface area contributed by atoms with E-state index in [4.69, 9.17) is 4.74 Å². The molecule has 19 heavy (non-hydrogen) atoms. The Kier molecular flexibility index (Phi) is 4.17. The molecule has 0 aromatic rings. The molecule has 2 nitrogen and oxygen atoms in total. The van der Waals surface area contributed by atoms with Crippen LogP contribution in [0.5, 0.6) is 0 Å². The highest BCUT2D eigenvalue weighted by Gasteiger charge is 2.40. The van der Waals surface area contributed by atoms with Gasteiger partial charge in [-0.15, -0.1) is 0 Å². The molecule has 0 amide bonds. The summed E-state index contributed by atoms with van der Waals surface area (Å²) in [5.74, 6) is 0.568. The van der Waals surface area contributed by atoms with Crippen LogP contribution >= 0.6 is 0 Å². The van der Waals surface area contributed by atoms with Crippen molar-refractivity contribution < 1.29 is 9.53 Å². The quantitative estimate of drug-likeness (QED) is 0.544. The van der Waals surface area contributed by atoms with Gasteiger partial charge in [0.1, 0.15) is 6.61 Å². The molecule has 0 aromatic carbocycles. The monoisotopic (exact) mass is 262 g/mol. The van der Waals surface area contributed by atoms with E-state index in [9.17, 15) is 4.79 Å². The summed E-state index contributed by atoms with van der Waals surface area (Å²) in [6.07, 6.45) is 8.49. The van der Waals surface area contributed by atoms with E-state index in [1.807, 2.05) is 0 Å². The van der Waals surface area contributed by atoms with Crippen molar-refractivity contribution in [1.29, 1.82) is 0 Å². The molecule has 0 unspecified atom stereocenters. The Morgan fingerprint density at radius 2 is 2.16 bits per heavy atom. The Morgan fingerprint density at radius 3 is 2.84 bits per heavy atom. The van der Waals surface area contributed by atoms with Crippen LogP contribution < -0.4 is 0 Å². The van der Waals surface area contributed by atoms with Crippen molar-refractivity contribution >= 4 is 5.97 Å². The maximum absolute atomic E-state index is 10.9. The summed E-state index contributed by atoms with van der Waals surface area (Å²) in [7, 11) is 0. The van der Waals surface area contributed by atoms with Crippen LogP contribution in [0.25, 0.3) is 0 Å². The summed E-state index contributed by atoms with van der Waals surface area (Å²) in [6, 6.07) is 0. The third-order valence-electron chi connectivity index (χ3n) is 5.18. The maximum Gasteiger partial charge on any atom is 0.302 e. The Labute approximate surface area is 116 Å². The minimum Gasteiger partial charge on any atom is -0.461 e. The first-order valence-corrected chi connectivity index (χ1v) is 7.44. The topological polar surface area (TPSA) is 26.3 Å². The summed E-state index contributed by atoms with van der Waals surface area (Å²) in [5.41, 5.74) is 4.77. The third-order valence-corrected chi connectivity index (χ3v) is 5.18. The first-order valence-electron chi connectivity index (χ1n) is 7.44. The van der Waals surface area contributed by atoms with Crippen LogP contribution in [0, 0.1) is 11.3 Å². The summed E-state index contributed by atoms with van der Waals surface area (Å²) < 4.78 is 5.14. The van der Waals surface area contributed by atoms with Crippen LogP contribution in [0.1, 0.15) is 59.8 Å². The fraction of sp³-hybridized carbons (Fsp3) is 0.706. The van der Waals surface area contributed by atoms with Crippen LogP contribution in [0.15, 0.2) is 22.8 Å². The minimum atomic E-state index is -0.186. The van der Waals surface area contributed by atoms with Gasteiger partial charge < -0.3 is 4.74 Å². The first kappa shape index (κ1) is 14.4. The second-order valence-electron chi connectivity index (χ2n) is 6.47. The lowest BCUT2D eigenvalue weighted by Gasteiger charge is -2.45. The maximum atomic E-state index is 10.9. The molecule has 0 bridgehead atoms. The van der Waals surface area contributed by atoms with Gasteiger partial charge in [-0.05, 0) is 55.9 Å². The molecule has 1 saturated carbocycles. The second-order valence-corrected chi connectivity index (χ2v) is 6.47. The van der Waals surface area contributed by atoms with Crippen LogP contribution in [0.4, 0.5) is 0 Å². The molecule has 1 fully saturated rings. The molecular weight excluding hydrogens is 236 g/mol. The molecule has 2 atom stereocenters. The zero-order chi connectivity index (χ0) is 14.0. The lowest BCUT2D eigenvalue weighted by atomic mass is 9.59. The Bertz CT molecular complexity index is 431. The van der Waals surface area contributed by atoms with E-state index in [1.54, 1.807) is 5.57 Å². The summed E-state index contributed by atoms with van der Waals surface area (Å²) in [5, 5.41) is 0. The van der Waals surface area contributed by atoms with E-state index in [-0.39, 0.29) is 5.97 Å². The number of rotatable bonds is 2. The van der Waals surface area contributed by atoms with Crippen LogP contribution in [0.3, 0.4) is 0 Å². The number of fused-ring (bicyclic) bond motifs is 1. The number of carbonyl (C=O) groups excluding carboxylic acids is 1. The number of hydrogen-bond donors (Lipinski definition) is 0. The zero-order valence-corrected chi connectivity index (χ0v) is 12.7. The normalized spacial score (nSPS) is 33.3. The van der Waals surface area contributed by atoms with E-state index in [0.717, 1.165) is 18.8 Å². The molecular formula is C17H26O2. The molecule has 0 saturated heterocycles. The smallest absolute Gasteiger partial charge is 0.302 e. The average Bonchev–Trinajstić information content (AvgIpc) is 2.36. The van der Waals surface area contributed by atoms with Gasteiger partial charge in [0.2, 0.25) is 0 Å². The number of allylic oxidation sites excluding steroid dienone is 3. The first-order chi connectivity index (χ1) is 8.93. The van der Waals surface area contributed by atoms with Crippen LogP contribution in [-0.4, -0.2) is 12.6 Å². The Balaban J connectivity index is 2.15. The molecule has 0 N–H and O–H groups in total. The van der Waals surface area contributed by atoms with Gasteiger partial charge in [0.25, 0.3) is 0 Å². The molecule has 0 spiro atoms. The van der Waals surface area contributed by atoms with Crippen molar-refractivity contribution in [2.45, 2.75) is 59.8 Å². The highest BCUT2D eigenvalue weighted by molar-refractivity contribution is 5.66. The molecule has 2 heteroatoms. The molecule has 0 aliphatic heterocycles. The molecule has 2 aliphatic carbocycles. The van der Waals surface area contributed by atoms with E-state index in [1.165, 1.54) is 37.3 Å². The Morgan fingerprint density at radius 1 is 1.42 bits per heavy atom. The molecule has 0 heterocycles. The van der Waals surface area contributed by atoms with Crippen LogP contribution in [0.2, 0.25) is 0 Å². The summed E-state index contributed by atoms with van der Waals surface area (Å²) >= 11 is 0. The molecule has 2 aliphatic rings. The molecule has 2 rings (SSSR count). The number of hydrogen-bond acceptors (Lipinski definition) is 2. The molecule has 0 radical (unpaired) electrons. The van der Waals surface area contributed by atoms with Gasteiger partial charge in [0, 0.05) is 6.92 Å². The second kappa shape index (κ2) is 5.52. The standard InChI is InChI=1S/C17H26O2/c1-12(11-19-14(3)18)15-8-9-16-7-5-6-13(2)17(16,4)10-15/h7,13H,5-6,8-11H2,1-4H3/b15-12+/t13-,17+/m0/s1. The number of ether oxygens (including phenoxy) is 1. The van der Waals surface area contributed by atoms with Gasteiger partial charge in [0.05, 0.1) is 0 Å². The van der Waals surface area contributed by atoms with Crippen LogP contribution in [-0.2, 0) is 9.53 Å². The van der Waals surface area contributed by atoms with E-state index in [0.29, 0.717) is 12.0 Å². The van der Waals surface area contributed by atoms with Gasteiger partial charge in [-0.2, -0.15) is 0 Å². The van der Waals surface area contributed by atoms with Crippen molar-refractivity contribution in [3.63, 3.8) is 0 Å². The zero-order valence-electron chi connectivity index (χ0n) is 12.7. The fourth-order valence-corrected chi connectivity index (χ4v) is 3.54. The number of carbonyl (C=O) groups is 1. The van der Waals surface area contributed by atoms with E-state index >= 15 is 0 Å². The van der Waals surface area contributed by atoms with Crippen molar-refractivity contribution in [2.24, 2.45) is 11.3 Å². The highest BCUT2D eigenvalue weighted by Crippen LogP contribution is 2.52. The summed E-state index contributed by atoms with van der Waals surface area (Å²) in [6.45, 7) is 8.86. The van der Waals surface area contributed by atoms with Crippen molar-refractivity contribution in [3.05, 3.63) is 22.8 Å². The lowest BCUT2D eigenvalue weighted by molar-refractivity contribution is -0.139. The third kappa shape index (κ3) is 2.93. The largest absolute Gasteiger partial charge is 0.461 e. The van der Waals surface area contributed by atoms with Gasteiger partial charge in [-0.1, -0.05) is 31.1 Å². The van der Waals surface area contributed by atoms with Crippen molar-refractivity contribution in [3.8, 4) is 0 Å². The number of esters is 1. The summed E-state index contributed by atoms with van der Waals surface area (Å²) in [4.78, 5) is 10.9. The fourth-order valence-electron chi connectivity index (χ4n) is 3.54. The van der Waals surface area contributed by atoms with Crippen molar-refractivity contribution in [2.75, 3.05) is 6.61 Å². The van der Waals surface area contributed by atoms with Gasteiger partial charge >= 0.3 is 5.97 Å². The van der Waals surface area contributed by atoms with Gasteiger partial charge in [-0.3, -0.25) is 4.79 Å². The van der Waals surface area contributed by atoms with E-state index < -0.39 is 0 Å². The molecule has 106 valence electrons. The predicted molar refractivity (Wildman–Crippen MR) is 77.8 cm³/mol. The average molecular weight is 262 g/mol. The SMILES string of the molecule is CC(=O)OC/C(C)=C1\CCC2=CCC[C@H](C)[C@@]2(C)C1. The molecule has 0 aromatic heterocycles. The van der Waals surface area contributed by atoms with Crippen molar-refractivity contribution in [1.82, 2.24) is 0 Å². The van der Waals surface area contributed by atoms with Gasteiger partial charge in [-0.25, -0.2) is 0 Å². The van der Waals surface area contributed by atoms with E-state index in [2.05, 4.69) is 26.8 Å². The lowest BCUT2D eigenvalue weighted by Crippen LogP contribution is -2.34. The minimum absolute atomic E-state index is 0.186. The Hall–Kier alpha value is -1.05. The predicted octanol–water partition coefficient (Wildman–Crippen LogP) is 4.41. The van der Waals surface area contributed by atoms with Gasteiger partial charge in [0.15, 0.2) is 0 Å².